The number of amides is 1. The maximum atomic E-state index is 11.2. The maximum absolute atomic E-state index is 11.2. The van der Waals surface area contributed by atoms with Gasteiger partial charge in [0.25, 0.3) is 0 Å². The predicted octanol–water partition coefficient (Wildman–Crippen LogP) is 1.93. The lowest BCUT2D eigenvalue weighted by Gasteiger charge is -2.34. The largest absolute Gasteiger partial charge is 0.464 e. The number of aromatic nitrogens is 1. The molecule has 5 nitrogen and oxygen atoms in total. The lowest BCUT2D eigenvalue weighted by atomic mass is 10.1. The van der Waals surface area contributed by atoms with Crippen molar-refractivity contribution in [2.75, 3.05) is 18.0 Å². The van der Waals surface area contributed by atoms with Gasteiger partial charge in [0.05, 0.1) is 11.6 Å². The van der Waals surface area contributed by atoms with E-state index < -0.39 is 0 Å². The van der Waals surface area contributed by atoms with Crippen molar-refractivity contribution in [2.24, 2.45) is 0 Å². The molecule has 0 aromatic carbocycles. The van der Waals surface area contributed by atoms with Crippen LogP contribution in [0.5, 0.6) is 0 Å². The summed E-state index contributed by atoms with van der Waals surface area (Å²) in [6.07, 6.45) is 5.53. The molecule has 1 unspecified atom stereocenters. The van der Waals surface area contributed by atoms with Crippen LogP contribution in [0, 0.1) is 0 Å². The van der Waals surface area contributed by atoms with Gasteiger partial charge in [0.1, 0.15) is 11.4 Å². The number of rotatable bonds is 2. The average molecular weight is 259 g/mol. The molecule has 1 amide bonds. The number of fused-ring (bicyclic) bond motifs is 1. The number of pyridine rings is 1. The maximum Gasteiger partial charge on any atom is 0.217 e. The number of piperidine rings is 1. The van der Waals surface area contributed by atoms with Crippen molar-refractivity contribution in [3.63, 3.8) is 0 Å². The highest BCUT2D eigenvalue weighted by atomic mass is 16.3. The van der Waals surface area contributed by atoms with Crippen molar-refractivity contribution in [2.45, 2.75) is 25.8 Å². The second kappa shape index (κ2) is 4.91. The highest BCUT2D eigenvalue weighted by Gasteiger charge is 2.22. The molecule has 0 spiro atoms. The van der Waals surface area contributed by atoms with E-state index in [0.717, 1.165) is 42.7 Å². The van der Waals surface area contributed by atoms with Crippen LogP contribution in [-0.4, -0.2) is 30.0 Å². The van der Waals surface area contributed by atoms with E-state index in [1.807, 2.05) is 12.1 Å². The van der Waals surface area contributed by atoms with E-state index in [9.17, 15) is 4.79 Å². The van der Waals surface area contributed by atoms with E-state index in [2.05, 4.69) is 15.2 Å². The van der Waals surface area contributed by atoms with E-state index in [1.54, 1.807) is 19.4 Å². The summed E-state index contributed by atoms with van der Waals surface area (Å²) >= 11 is 0. The second-order valence-electron chi connectivity index (χ2n) is 4.95. The zero-order valence-electron chi connectivity index (χ0n) is 10.9. The number of furan rings is 1. The number of nitrogens with zero attached hydrogens (tertiary/aromatic N) is 2. The standard InChI is InChI=1S/C14H17N3O2/c1-10(18)16-11-3-2-7-17(9-11)14-12-5-8-19-13(12)4-6-15-14/h4-6,8,11H,2-3,7,9H2,1H3,(H,16,18). The van der Waals surface area contributed by atoms with E-state index in [4.69, 9.17) is 4.42 Å². The first-order valence-corrected chi connectivity index (χ1v) is 6.58. The first-order valence-electron chi connectivity index (χ1n) is 6.58. The first kappa shape index (κ1) is 12.0. The molecule has 1 fully saturated rings. The van der Waals surface area contributed by atoms with E-state index in [-0.39, 0.29) is 11.9 Å². The molecule has 100 valence electrons. The fourth-order valence-electron chi connectivity index (χ4n) is 2.71. The molecule has 2 aromatic rings. The summed E-state index contributed by atoms with van der Waals surface area (Å²) in [4.78, 5) is 17.9. The highest BCUT2D eigenvalue weighted by Crippen LogP contribution is 2.27. The van der Waals surface area contributed by atoms with Crippen LogP contribution in [-0.2, 0) is 4.79 Å². The normalized spacial score (nSPS) is 19.6. The molecule has 0 bridgehead atoms. The van der Waals surface area contributed by atoms with Crippen LogP contribution in [0.15, 0.2) is 29.0 Å². The molecular formula is C14H17N3O2. The van der Waals surface area contributed by atoms with Gasteiger partial charge in [-0.1, -0.05) is 0 Å². The van der Waals surface area contributed by atoms with Gasteiger partial charge >= 0.3 is 0 Å². The Kier molecular flexibility index (Phi) is 3.11. The van der Waals surface area contributed by atoms with Crippen LogP contribution in [0.2, 0.25) is 0 Å². The van der Waals surface area contributed by atoms with Crippen LogP contribution in [0.25, 0.3) is 11.0 Å². The van der Waals surface area contributed by atoms with Crippen molar-refractivity contribution in [3.05, 3.63) is 24.6 Å². The Balaban J connectivity index is 1.85. The second-order valence-corrected chi connectivity index (χ2v) is 4.95. The summed E-state index contributed by atoms with van der Waals surface area (Å²) < 4.78 is 5.40. The molecule has 5 heteroatoms. The van der Waals surface area contributed by atoms with Crippen LogP contribution < -0.4 is 10.2 Å². The molecule has 0 aliphatic carbocycles. The Labute approximate surface area is 111 Å². The fourth-order valence-corrected chi connectivity index (χ4v) is 2.71. The van der Waals surface area contributed by atoms with Crippen molar-refractivity contribution < 1.29 is 9.21 Å². The van der Waals surface area contributed by atoms with E-state index in [1.165, 1.54) is 0 Å². The number of carbonyl (C=O) groups is 1. The van der Waals surface area contributed by atoms with Gasteiger partial charge in [-0.15, -0.1) is 0 Å². The molecule has 1 saturated heterocycles. The van der Waals surface area contributed by atoms with E-state index in [0.29, 0.717) is 0 Å². The Morgan fingerprint density at radius 1 is 1.53 bits per heavy atom. The first-order chi connectivity index (χ1) is 9.24. The topological polar surface area (TPSA) is 58.4 Å². The lowest BCUT2D eigenvalue weighted by molar-refractivity contribution is -0.119. The Morgan fingerprint density at radius 3 is 3.26 bits per heavy atom. The molecule has 3 heterocycles. The van der Waals surface area contributed by atoms with Gasteiger partial charge in [-0.05, 0) is 25.0 Å². The Hall–Kier alpha value is -2.04. The van der Waals surface area contributed by atoms with Gasteiger partial charge in [0.15, 0.2) is 0 Å². The minimum Gasteiger partial charge on any atom is -0.464 e. The summed E-state index contributed by atoms with van der Waals surface area (Å²) in [5, 5.41) is 4.02. The van der Waals surface area contributed by atoms with Crippen molar-refractivity contribution in [1.82, 2.24) is 10.3 Å². The van der Waals surface area contributed by atoms with E-state index >= 15 is 0 Å². The molecule has 1 N–H and O–H groups in total. The lowest BCUT2D eigenvalue weighted by Crippen LogP contribution is -2.47. The minimum absolute atomic E-state index is 0.0290. The monoisotopic (exact) mass is 259 g/mol. The summed E-state index contributed by atoms with van der Waals surface area (Å²) in [6, 6.07) is 4.02. The van der Waals surface area contributed by atoms with Crippen LogP contribution in [0.1, 0.15) is 19.8 Å². The van der Waals surface area contributed by atoms with Crippen molar-refractivity contribution >= 4 is 22.7 Å². The molecular weight excluding hydrogens is 242 g/mol. The third-order valence-corrected chi connectivity index (χ3v) is 3.49. The van der Waals surface area contributed by atoms with Crippen LogP contribution in [0.4, 0.5) is 5.82 Å². The summed E-state index contributed by atoms with van der Waals surface area (Å²) in [7, 11) is 0. The number of nitrogens with one attached hydrogen (secondary N) is 1. The number of anilines is 1. The molecule has 1 aliphatic rings. The molecule has 19 heavy (non-hydrogen) atoms. The quantitative estimate of drug-likeness (QED) is 0.895. The summed E-state index contributed by atoms with van der Waals surface area (Å²) in [6.45, 7) is 3.33. The van der Waals surface area contributed by atoms with Gasteiger partial charge in [-0.25, -0.2) is 4.98 Å². The third kappa shape index (κ3) is 2.41. The molecule has 0 radical (unpaired) electrons. The molecule has 0 saturated carbocycles. The predicted molar refractivity (Wildman–Crippen MR) is 73.1 cm³/mol. The smallest absolute Gasteiger partial charge is 0.217 e. The molecule has 3 rings (SSSR count). The van der Waals surface area contributed by atoms with Crippen molar-refractivity contribution in [1.29, 1.82) is 0 Å². The van der Waals surface area contributed by atoms with Crippen LogP contribution in [0.3, 0.4) is 0 Å². The molecule has 1 atom stereocenters. The van der Waals surface area contributed by atoms with Gasteiger partial charge < -0.3 is 14.6 Å². The Bertz CT molecular complexity index is 593. The van der Waals surface area contributed by atoms with Gasteiger partial charge in [-0.2, -0.15) is 0 Å². The number of carbonyl (C=O) groups excluding carboxylic acids is 1. The number of hydrogen-bond donors (Lipinski definition) is 1. The SMILES string of the molecule is CC(=O)NC1CCCN(c2nccc3occc23)C1. The van der Waals surface area contributed by atoms with Gasteiger partial charge in [0.2, 0.25) is 5.91 Å². The summed E-state index contributed by atoms with van der Waals surface area (Å²) in [5.74, 6) is 0.975. The molecule has 1 aliphatic heterocycles. The molecule has 2 aromatic heterocycles. The Morgan fingerprint density at radius 2 is 2.42 bits per heavy atom. The summed E-state index contributed by atoms with van der Waals surface area (Å²) in [5.41, 5.74) is 0.853. The van der Waals surface area contributed by atoms with Gasteiger partial charge in [0, 0.05) is 32.3 Å². The van der Waals surface area contributed by atoms with Crippen LogP contribution >= 0.6 is 0 Å². The average Bonchev–Trinajstić information content (AvgIpc) is 2.86. The minimum atomic E-state index is 0.0290. The third-order valence-electron chi connectivity index (χ3n) is 3.49. The zero-order valence-corrected chi connectivity index (χ0v) is 10.9. The highest BCUT2D eigenvalue weighted by molar-refractivity contribution is 5.88. The van der Waals surface area contributed by atoms with Crippen molar-refractivity contribution in [3.8, 4) is 0 Å². The number of hydrogen-bond acceptors (Lipinski definition) is 4. The fraction of sp³-hybridized carbons (Fsp3) is 0.429. The van der Waals surface area contributed by atoms with Gasteiger partial charge in [-0.3, -0.25) is 4.79 Å². The zero-order chi connectivity index (χ0) is 13.2.